The Labute approximate surface area is 290 Å². The second-order valence-corrected chi connectivity index (χ2v) is 12.1. The van der Waals surface area contributed by atoms with Gasteiger partial charge >= 0.3 is 24.0 Å². The van der Waals surface area contributed by atoms with Crippen molar-refractivity contribution in [2.45, 2.75) is 44.3 Å². The van der Waals surface area contributed by atoms with Gasteiger partial charge in [0.15, 0.2) is 6.61 Å². The third kappa shape index (κ3) is 10.5. The summed E-state index contributed by atoms with van der Waals surface area (Å²) in [6.07, 6.45) is -2.02. The van der Waals surface area contributed by atoms with Crippen LogP contribution in [0.2, 0.25) is 5.02 Å². The fraction of sp³-hybridized carbons (Fsp3) is 0.294. The van der Waals surface area contributed by atoms with Crippen molar-refractivity contribution in [1.29, 1.82) is 0 Å². The number of anilines is 4. The van der Waals surface area contributed by atoms with Gasteiger partial charge in [-0.2, -0.15) is 28.1 Å². The SMILES string of the molecule is Cc1ccc(NC(=O)C(=O)NCCCCNC(=O)c2ccc(Nc3nc(NC4(c5ccc(Cl)cc5)CC4)nc(OCC(F)(F)F)n3)cc2)cc1. The molecule has 1 aromatic heterocycles. The Morgan fingerprint density at radius 3 is 2.06 bits per heavy atom. The number of ether oxygens (including phenoxy) is 1. The Balaban J connectivity index is 1.10. The Hall–Kier alpha value is -5.44. The Morgan fingerprint density at radius 2 is 1.42 bits per heavy atom. The minimum absolute atomic E-state index is 0.0215. The number of halogens is 4. The first-order valence-corrected chi connectivity index (χ1v) is 16.1. The summed E-state index contributed by atoms with van der Waals surface area (Å²) in [4.78, 5) is 49.1. The molecule has 0 aliphatic heterocycles. The molecule has 1 aliphatic rings. The van der Waals surface area contributed by atoms with Crippen LogP contribution in [0.15, 0.2) is 72.8 Å². The number of aromatic nitrogens is 3. The summed E-state index contributed by atoms with van der Waals surface area (Å²) >= 11 is 6.02. The fourth-order valence-corrected chi connectivity index (χ4v) is 4.89. The van der Waals surface area contributed by atoms with E-state index in [0.29, 0.717) is 41.3 Å². The monoisotopic (exact) mass is 710 g/mol. The Morgan fingerprint density at radius 1 is 0.800 bits per heavy atom. The van der Waals surface area contributed by atoms with E-state index in [-0.39, 0.29) is 24.3 Å². The van der Waals surface area contributed by atoms with Crippen LogP contribution in [0.4, 0.5) is 36.4 Å². The first kappa shape index (κ1) is 35.9. The molecule has 0 bridgehead atoms. The number of aryl methyl sites for hydroxylation is 1. The lowest BCUT2D eigenvalue weighted by Crippen LogP contribution is -2.36. The van der Waals surface area contributed by atoms with Gasteiger partial charge in [0.25, 0.3) is 5.91 Å². The highest BCUT2D eigenvalue weighted by Gasteiger charge is 2.45. The second kappa shape index (κ2) is 15.8. The second-order valence-electron chi connectivity index (χ2n) is 11.6. The highest BCUT2D eigenvalue weighted by atomic mass is 35.5. The van der Waals surface area contributed by atoms with Crippen molar-refractivity contribution in [2.75, 3.05) is 35.6 Å². The smallest absolute Gasteiger partial charge is 0.422 e. The van der Waals surface area contributed by atoms with E-state index in [1.54, 1.807) is 48.5 Å². The van der Waals surface area contributed by atoms with Gasteiger partial charge in [-0.15, -0.1) is 0 Å². The summed E-state index contributed by atoms with van der Waals surface area (Å²) in [5.41, 5.74) is 2.79. The predicted molar refractivity (Wildman–Crippen MR) is 181 cm³/mol. The van der Waals surface area contributed by atoms with E-state index < -0.39 is 36.1 Å². The van der Waals surface area contributed by atoms with Crippen molar-refractivity contribution in [3.63, 3.8) is 0 Å². The normalized spacial score (nSPS) is 13.1. The van der Waals surface area contributed by atoms with E-state index in [1.807, 2.05) is 31.2 Å². The van der Waals surface area contributed by atoms with E-state index in [1.165, 1.54) is 0 Å². The molecule has 5 rings (SSSR count). The van der Waals surface area contributed by atoms with Crippen molar-refractivity contribution in [1.82, 2.24) is 25.6 Å². The molecule has 0 radical (unpaired) electrons. The number of benzene rings is 3. The molecule has 3 aromatic carbocycles. The number of hydrogen-bond acceptors (Lipinski definition) is 9. The molecule has 1 aliphatic carbocycles. The van der Waals surface area contributed by atoms with Gasteiger partial charge in [-0.25, -0.2) is 0 Å². The number of rotatable bonds is 14. The van der Waals surface area contributed by atoms with E-state index in [2.05, 4.69) is 41.5 Å². The highest BCUT2D eigenvalue weighted by molar-refractivity contribution is 6.39. The molecule has 262 valence electrons. The summed E-state index contributed by atoms with van der Waals surface area (Å²) < 4.78 is 43.5. The molecule has 3 amide bonds. The number of carbonyl (C=O) groups is 3. The van der Waals surface area contributed by atoms with Gasteiger partial charge in [0, 0.05) is 35.1 Å². The summed E-state index contributed by atoms with van der Waals surface area (Å²) in [6, 6.07) is 20.1. The molecule has 0 unspecified atom stereocenters. The molecule has 0 atom stereocenters. The van der Waals surface area contributed by atoms with Crippen molar-refractivity contribution >= 4 is 52.6 Å². The van der Waals surface area contributed by atoms with E-state index in [0.717, 1.165) is 24.0 Å². The van der Waals surface area contributed by atoms with Crippen LogP contribution in [0.1, 0.15) is 47.2 Å². The topological polar surface area (TPSA) is 159 Å². The van der Waals surface area contributed by atoms with Gasteiger partial charge in [-0.05, 0) is 86.7 Å². The lowest BCUT2D eigenvalue weighted by Gasteiger charge is -2.19. The molecular weight excluding hydrogens is 677 g/mol. The minimum atomic E-state index is -4.60. The van der Waals surface area contributed by atoms with Gasteiger partial charge < -0.3 is 31.3 Å². The predicted octanol–water partition coefficient (Wildman–Crippen LogP) is 5.88. The Kier molecular flexibility index (Phi) is 11.4. The van der Waals surface area contributed by atoms with Crippen molar-refractivity contribution in [3.05, 3.63) is 94.5 Å². The third-order valence-corrected chi connectivity index (χ3v) is 7.82. The molecule has 16 heteroatoms. The summed E-state index contributed by atoms with van der Waals surface area (Å²) in [7, 11) is 0. The van der Waals surface area contributed by atoms with Gasteiger partial charge in [0.05, 0.1) is 5.54 Å². The first-order chi connectivity index (χ1) is 23.9. The van der Waals surface area contributed by atoms with Crippen LogP contribution >= 0.6 is 11.6 Å². The maximum Gasteiger partial charge on any atom is 0.422 e. The van der Waals surface area contributed by atoms with Crippen LogP contribution in [-0.2, 0) is 15.1 Å². The summed E-state index contributed by atoms with van der Waals surface area (Å²) in [5.74, 6) is -1.88. The molecule has 1 saturated carbocycles. The fourth-order valence-electron chi connectivity index (χ4n) is 4.77. The lowest BCUT2D eigenvalue weighted by atomic mass is 10.1. The van der Waals surface area contributed by atoms with Gasteiger partial charge in [-0.3, -0.25) is 14.4 Å². The zero-order valence-corrected chi connectivity index (χ0v) is 27.6. The molecule has 5 N–H and O–H groups in total. The van der Waals surface area contributed by atoms with Crippen molar-refractivity contribution in [2.24, 2.45) is 0 Å². The number of carbonyl (C=O) groups excluding carboxylic acids is 3. The number of hydrogen-bond donors (Lipinski definition) is 5. The molecule has 1 heterocycles. The molecule has 0 spiro atoms. The van der Waals surface area contributed by atoms with Gasteiger partial charge in [0.1, 0.15) is 0 Å². The maximum absolute atomic E-state index is 12.9. The van der Waals surface area contributed by atoms with E-state index in [9.17, 15) is 27.6 Å². The lowest BCUT2D eigenvalue weighted by molar-refractivity contribution is -0.154. The van der Waals surface area contributed by atoms with E-state index >= 15 is 0 Å². The molecule has 0 saturated heterocycles. The zero-order chi connectivity index (χ0) is 35.7. The molecule has 12 nitrogen and oxygen atoms in total. The average Bonchev–Trinajstić information content (AvgIpc) is 3.86. The number of nitrogens with one attached hydrogen (secondary N) is 5. The van der Waals surface area contributed by atoms with Crippen LogP contribution in [-0.4, -0.2) is 58.5 Å². The Bertz CT molecular complexity index is 1800. The summed E-state index contributed by atoms with van der Waals surface area (Å²) in [5, 5.41) is 14.6. The number of nitrogens with zero attached hydrogens (tertiary/aromatic N) is 3. The van der Waals surface area contributed by atoms with Crippen LogP contribution < -0.4 is 31.3 Å². The quantitative estimate of drug-likeness (QED) is 0.0795. The van der Waals surface area contributed by atoms with Gasteiger partial charge in [-0.1, -0.05) is 41.4 Å². The first-order valence-electron chi connectivity index (χ1n) is 15.7. The van der Waals surface area contributed by atoms with Crippen LogP contribution in [0.5, 0.6) is 6.01 Å². The van der Waals surface area contributed by atoms with E-state index in [4.69, 9.17) is 16.3 Å². The summed E-state index contributed by atoms with van der Waals surface area (Å²) in [6.45, 7) is 0.931. The van der Waals surface area contributed by atoms with Gasteiger partial charge in [0.2, 0.25) is 11.9 Å². The van der Waals surface area contributed by atoms with Crippen LogP contribution in [0, 0.1) is 6.92 Å². The van der Waals surface area contributed by atoms with Crippen LogP contribution in [0.3, 0.4) is 0 Å². The highest BCUT2D eigenvalue weighted by Crippen LogP contribution is 2.48. The van der Waals surface area contributed by atoms with Crippen molar-refractivity contribution < 1.29 is 32.3 Å². The average molecular weight is 711 g/mol. The molecule has 1 fully saturated rings. The maximum atomic E-state index is 12.9. The minimum Gasteiger partial charge on any atom is -0.454 e. The molecule has 50 heavy (non-hydrogen) atoms. The zero-order valence-electron chi connectivity index (χ0n) is 26.9. The molecular formula is C34H34ClF3N8O4. The largest absolute Gasteiger partial charge is 0.454 e. The standard InChI is InChI=1S/C34H34ClF3N8O4/c1-21-4-12-25(13-5-21)41-29(49)28(48)40-19-3-2-18-39-27(47)22-6-14-26(15-7-22)42-30-43-31(45-32(44-30)50-20-34(36,37)38)46-33(16-17-33)23-8-10-24(35)11-9-23/h4-15H,2-3,16-20H2,1H3,(H,39,47)(H,40,48)(H,41,49)(H2,42,43,44,45,46). The number of alkyl halides is 3. The number of unbranched alkanes of at least 4 members (excludes halogenated alkanes) is 1. The van der Waals surface area contributed by atoms with Crippen LogP contribution in [0.25, 0.3) is 0 Å². The molecule has 4 aromatic rings. The number of amides is 3. The third-order valence-electron chi connectivity index (χ3n) is 7.57. The van der Waals surface area contributed by atoms with Crippen molar-refractivity contribution in [3.8, 4) is 6.01 Å².